The van der Waals surface area contributed by atoms with Crippen LogP contribution in [-0.4, -0.2) is 46.5 Å². The predicted octanol–water partition coefficient (Wildman–Crippen LogP) is 2.38. The Hall–Kier alpha value is -2.78. The van der Waals surface area contributed by atoms with Gasteiger partial charge in [-0.15, -0.1) is 0 Å². The van der Waals surface area contributed by atoms with E-state index in [1.54, 1.807) is 39.3 Å². The van der Waals surface area contributed by atoms with Crippen LogP contribution in [-0.2, 0) is 23.6 Å². The molecule has 0 atom stereocenters. The molecule has 158 valence electrons. The van der Waals surface area contributed by atoms with Crippen LogP contribution in [0.25, 0.3) is 11.0 Å². The fourth-order valence-corrected chi connectivity index (χ4v) is 5.27. The number of nitrogens with one attached hydrogen (secondary N) is 1. The van der Waals surface area contributed by atoms with Crippen LogP contribution in [0.2, 0.25) is 0 Å². The maximum absolute atomic E-state index is 12.7. The summed E-state index contributed by atoms with van der Waals surface area (Å²) in [7, 11) is -1.63. The Bertz CT molecular complexity index is 1180. The quantitative estimate of drug-likeness (QED) is 0.674. The van der Waals surface area contributed by atoms with Gasteiger partial charge >= 0.3 is 0 Å². The Labute approximate surface area is 176 Å². The van der Waals surface area contributed by atoms with Crippen molar-refractivity contribution in [2.45, 2.75) is 37.6 Å². The van der Waals surface area contributed by atoms with Gasteiger partial charge in [0.05, 0.1) is 16.2 Å². The third kappa shape index (κ3) is 3.95. The van der Waals surface area contributed by atoms with Crippen molar-refractivity contribution in [3.8, 4) is 0 Å². The second-order valence-corrected chi connectivity index (χ2v) is 9.53. The zero-order chi connectivity index (χ0) is 21.3. The van der Waals surface area contributed by atoms with E-state index in [9.17, 15) is 13.2 Å². The molecule has 0 unspecified atom stereocenters. The van der Waals surface area contributed by atoms with Crippen molar-refractivity contribution < 1.29 is 13.2 Å². The van der Waals surface area contributed by atoms with Crippen LogP contribution >= 0.6 is 0 Å². The van der Waals surface area contributed by atoms with Crippen LogP contribution < -0.4 is 5.32 Å². The van der Waals surface area contributed by atoms with E-state index in [1.807, 2.05) is 14.0 Å². The summed E-state index contributed by atoms with van der Waals surface area (Å²) in [4.78, 5) is 17.2. The zero-order valence-electron chi connectivity index (χ0n) is 17.1. The van der Waals surface area contributed by atoms with Gasteiger partial charge in [0.25, 0.3) is 5.91 Å². The summed E-state index contributed by atoms with van der Waals surface area (Å²) in [6, 6.07) is 8.48. The molecule has 4 rings (SSSR count). The average Bonchev–Trinajstić information content (AvgIpc) is 3.06. The summed E-state index contributed by atoms with van der Waals surface area (Å²) in [5.41, 5.74) is 2.84. The first-order valence-electron chi connectivity index (χ1n) is 10.0. The fraction of sp³-hybridized carbons (Fsp3) is 0.381. The van der Waals surface area contributed by atoms with Gasteiger partial charge < -0.3 is 5.32 Å². The standard InChI is InChI=1S/C21H25N5O3S/c1-15-19-12-17(14-22-20(19)25(2)24-15)21(27)23-13-16-6-8-18(9-7-16)30(28,29)26-10-4-3-5-11-26/h6-9,12,14H,3-5,10-11,13H2,1-2H3,(H,23,27). The molecule has 0 saturated carbocycles. The molecule has 1 fully saturated rings. The van der Waals surface area contributed by atoms with Gasteiger partial charge in [0.2, 0.25) is 10.0 Å². The summed E-state index contributed by atoms with van der Waals surface area (Å²) in [5.74, 6) is -0.238. The summed E-state index contributed by atoms with van der Waals surface area (Å²) in [6.45, 7) is 3.34. The van der Waals surface area contributed by atoms with Gasteiger partial charge in [-0.1, -0.05) is 18.6 Å². The number of amides is 1. The number of rotatable bonds is 5. The number of piperidine rings is 1. The number of hydrogen-bond donors (Lipinski definition) is 1. The highest BCUT2D eigenvalue weighted by molar-refractivity contribution is 7.89. The maximum Gasteiger partial charge on any atom is 0.253 e. The number of hydrogen-bond acceptors (Lipinski definition) is 5. The zero-order valence-corrected chi connectivity index (χ0v) is 17.9. The number of aromatic nitrogens is 3. The first-order chi connectivity index (χ1) is 14.4. The lowest BCUT2D eigenvalue weighted by molar-refractivity contribution is 0.0950. The summed E-state index contributed by atoms with van der Waals surface area (Å²) in [5, 5.41) is 8.02. The van der Waals surface area contributed by atoms with Gasteiger partial charge in [-0.2, -0.15) is 9.40 Å². The number of pyridine rings is 1. The second-order valence-electron chi connectivity index (χ2n) is 7.60. The number of benzene rings is 1. The largest absolute Gasteiger partial charge is 0.348 e. The topological polar surface area (TPSA) is 97.2 Å². The summed E-state index contributed by atoms with van der Waals surface area (Å²) < 4.78 is 28.7. The predicted molar refractivity (Wildman–Crippen MR) is 113 cm³/mol. The average molecular weight is 428 g/mol. The Kier molecular flexibility index (Phi) is 5.57. The van der Waals surface area contributed by atoms with E-state index < -0.39 is 10.0 Å². The highest BCUT2D eigenvalue weighted by atomic mass is 32.2. The molecule has 3 aromatic rings. The van der Waals surface area contributed by atoms with E-state index >= 15 is 0 Å². The smallest absolute Gasteiger partial charge is 0.253 e. The van der Waals surface area contributed by atoms with Crippen molar-refractivity contribution in [3.05, 3.63) is 53.3 Å². The summed E-state index contributed by atoms with van der Waals surface area (Å²) >= 11 is 0. The second kappa shape index (κ2) is 8.16. The highest BCUT2D eigenvalue weighted by Crippen LogP contribution is 2.21. The van der Waals surface area contributed by atoms with Gasteiger partial charge in [0.15, 0.2) is 5.65 Å². The third-order valence-electron chi connectivity index (χ3n) is 5.45. The summed E-state index contributed by atoms with van der Waals surface area (Å²) in [6.07, 6.45) is 4.42. The van der Waals surface area contributed by atoms with Gasteiger partial charge in [-0.3, -0.25) is 9.48 Å². The van der Waals surface area contributed by atoms with Crippen LogP contribution in [0.3, 0.4) is 0 Å². The molecular formula is C21H25N5O3S. The van der Waals surface area contributed by atoms with Crippen molar-refractivity contribution in [2.75, 3.05) is 13.1 Å². The van der Waals surface area contributed by atoms with Crippen molar-refractivity contribution in [2.24, 2.45) is 7.05 Å². The minimum absolute atomic E-state index is 0.238. The van der Waals surface area contributed by atoms with E-state index in [0.717, 1.165) is 41.6 Å². The number of sulfonamides is 1. The Morgan fingerprint density at radius 1 is 1.13 bits per heavy atom. The van der Waals surface area contributed by atoms with Gasteiger partial charge in [-0.05, 0) is 43.5 Å². The van der Waals surface area contributed by atoms with Gasteiger partial charge in [0.1, 0.15) is 0 Å². The molecule has 0 spiro atoms. The molecule has 3 heterocycles. The molecule has 1 N–H and O–H groups in total. The number of carbonyl (C=O) groups is 1. The SMILES string of the molecule is Cc1nn(C)c2ncc(C(=O)NCc3ccc(S(=O)(=O)N4CCCCC4)cc3)cc12. The van der Waals surface area contributed by atoms with E-state index in [1.165, 1.54) is 6.20 Å². The molecule has 1 amide bonds. The highest BCUT2D eigenvalue weighted by Gasteiger charge is 2.25. The van der Waals surface area contributed by atoms with Crippen molar-refractivity contribution >= 4 is 27.0 Å². The Balaban J connectivity index is 1.42. The minimum Gasteiger partial charge on any atom is -0.348 e. The lowest BCUT2D eigenvalue weighted by Crippen LogP contribution is -2.35. The van der Waals surface area contributed by atoms with Crippen LogP contribution in [0, 0.1) is 6.92 Å². The molecule has 1 aliphatic rings. The first kappa shape index (κ1) is 20.5. The van der Waals surface area contributed by atoms with E-state index in [4.69, 9.17) is 0 Å². The number of fused-ring (bicyclic) bond motifs is 1. The van der Waals surface area contributed by atoms with Crippen LogP contribution in [0.5, 0.6) is 0 Å². The lowest BCUT2D eigenvalue weighted by Gasteiger charge is -2.25. The number of aryl methyl sites for hydroxylation is 2. The van der Waals surface area contributed by atoms with Crippen molar-refractivity contribution in [1.29, 1.82) is 0 Å². The lowest BCUT2D eigenvalue weighted by atomic mass is 10.2. The molecule has 0 radical (unpaired) electrons. The minimum atomic E-state index is -3.45. The molecule has 0 aliphatic carbocycles. The monoisotopic (exact) mass is 427 g/mol. The van der Waals surface area contributed by atoms with Crippen LogP contribution in [0.1, 0.15) is 40.9 Å². The number of carbonyl (C=O) groups excluding carboxylic acids is 1. The van der Waals surface area contributed by atoms with Crippen molar-refractivity contribution in [3.63, 3.8) is 0 Å². The molecule has 30 heavy (non-hydrogen) atoms. The van der Waals surface area contributed by atoms with Crippen LogP contribution in [0.4, 0.5) is 0 Å². The van der Waals surface area contributed by atoms with E-state index in [0.29, 0.717) is 30.1 Å². The van der Waals surface area contributed by atoms with E-state index in [-0.39, 0.29) is 5.91 Å². The molecule has 1 aromatic carbocycles. The van der Waals surface area contributed by atoms with Gasteiger partial charge in [0, 0.05) is 38.3 Å². The Morgan fingerprint density at radius 3 is 2.53 bits per heavy atom. The number of nitrogens with zero attached hydrogens (tertiary/aromatic N) is 4. The van der Waals surface area contributed by atoms with E-state index in [2.05, 4.69) is 15.4 Å². The first-order valence-corrected chi connectivity index (χ1v) is 11.5. The molecule has 0 bridgehead atoms. The molecule has 1 saturated heterocycles. The molecular weight excluding hydrogens is 402 g/mol. The molecule has 8 nitrogen and oxygen atoms in total. The molecule has 9 heteroatoms. The fourth-order valence-electron chi connectivity index (χ4n) is 3.75. The molecule has 1 aliphatic heterocycles. The normalized spacial score (nSPS) is 15.4. The van der Waals surface area contributed by atoms with Crippen LogP contribution in [0.15, 0.2) is 41.4 Å². The maximum atomic E-state index is 12.7. The third-order valence-corrected chi connectivity index (χ3v) is 7.37. The van der Waals surface area contributed by atoms with Crippen molar-refractivity contribution in [1.82, 2.24) is 24.4 Å². The Morgan fingerprint density at radius 2 is 1.83 bits per heavy atom. The molecule has 2 aromatic heterocycles. The van der Waals surface area contributed by atoms with Gasteiger partial charge in [-0.25, -0.2) is 13.4 Å².